The number of hydrogen-bond acceptors (Lipinski definition) is 4. The number of hydrogen-bond donors (Lipinski definition) is 1. The van der Waals surface area contributed by atoms with E-state index in [1.807, 2.05) is 4.68 Å². The van der Waals surface area contributed by atoms with E-state index in [0.29, 0.717) is 16.6 Å². The average molecular weight is 261 g/mol. The molecule has 0 bridgehead atoms. The SMILES string of the molecule is CC(C)n1cc2c(n1)CCc1c-2sc(N)c1C=O. The Labute approximate surface area is 109 Å². The fraction of sp³-hybridized carbons (Fsp3) is 0.385. The first kappa shape index (κ1) is 11.5. The van der Waals surface area contributed by atoms with Crippen LogP contribution in [0.4, 0.5) is 5.00 Å². The fourth-order valence-corrected chi connectivity index (χ4v) is 3.52. The Morgan fingerprint density at radius 2 is 2.28 bits per heavy atom. The number of thiophene rings is 1. The number of nitrogen functional groups attached to an aromatic ring is 1. The predicted molar refractivity (Wildman–Crippen MR) is 73.1 cm³/mol. The lowest BCUT2D eigenvalue weighted by Gasteiger charge is -2.10. The van der Waals surface area contributed by atoms with Crippen molar-refractivity contribution in [1.82, 2.24) is 9.78 Å². The Kier molecular flexibility index (Phi) is 2.52. The molecule has 0 saturated carbocycles. The van der Waals surface area contributed by atoms with Gasteiger partial charge in [-0.15, -0.1) is 11.3 Å². The molecular formula is C13H15N3OS. The van der Waals surface area contributed by atoms with Crippen LogP contribution in [0.1, 0.15) is 41.5 Å². The second kappa shape index (κ2) is 3.95. The Hall–Kier alpha value is -1.62. The highest BCUT2D eigenvalue weighted by Gasteiger charge is 2.26. The fourth-order valence-electron chi connectivity index (χ4n) is 2.40. The minimum Gasteiger partial charge on any atom is -0.390 e. The molecule has 0 spiro atoms. The smallest absolute Gasteiger partial charge is 0.153 e. The maximum Gasteiger partial charge on any atom is 0.153 e. The molecule has 2 heterocycles. The van der Waals surface area contributed by atoms with Gasteiger partial charge in [-0.2, -0.15) is 5.10 Å². The zero-order chi connectivity index (χ0) is 12.9. The minimum absolute atomic E-state index is 0.349. The molecule has 0 aromatic carbocycles. The molecule has 2 N–H and O–H groups in total. The highest BCUT2D eigenvalue weighted by molar-refractivity contribution is 7.19. The van der Waals surface area contributed by atoms with Crippen LogP contribution in [0.5, 0.6) is 0 Å². The highest BCUT2D eigenvalue weighted by Crippen LogP contribution is 2.43. The monoisotopic (exact) mass is 261 g/mol. The van der Waals surface area contributed by atoms with Gasteiger partial charge in [-0.3, -0.25) is 9.48 Å². The molecule has 0 radical (unpaired) electrons. The average Bonchev–Trinajstić information content (AvgIpc) is 2.88. The molecule has 3 rings (SSSR count). The lowest BCUT2D eigenvalue weighted by atomic mass is 9.94. The third-order valence-corrected chi connectivity index (χ3v) is 4.50. The molecule has 5 heteroatoms. The number of carbonyl (C=O) groups excluding carboxylic acids is 1. The van der Waals surface area contributed by atoms with Gasteiger partial charge < -0.3 is 5.73 Å². The Morgan fingerprint density at radius 3 is 2.94 bits per heavy atom. The van der Waals surface area contributed by atoms with Crippen LogP contribution in [-0.4, -0.2) is 16.1 Å². The molecule has 2 aromatic heterocycles. The van der Waals surface area contributed by atoms with Crippen molar-refractivity contribution in [1.29, 1.82) is 0 Å². The van der Waals surface area contributed by atoms with Crippen molar-refractivity contribution in [2.24, 2.45) is 0 Å². The van der Waals surface area contributed by atoms with Crippen LogP contribution in [0, 0.1) is 0 Å². The summed E-state index contributed by atoms with van der Waals surface area (Å²) in [6, 6.07) is 0.349. The van der Waals surface area contributed by atoms with Gasteiger partial charge >= 0.3 is 0 Å². The van der Waals surface area contributed by atoms with Crippen molar-refractivity contribution in [2.75, 3.05) is 5.73 Å². The van der Waals surface area contributed by atoms with E-state index < -0.39 is 0 Å². The van der Waals surface area contributed by atoms with E-state index in [0.717, 1.165) is 40.8 Å². The maximum absolute atomic E-state index is 11.1. The summed E-state index contributed by atoms with van der Waals surface area (Å²) >= 11 is 1.50. The van der Waals surface area contributed by atoms with Crippen LogP contribution >= 0.6 is 11.3 Å². The van der Waals surface area contributed by atoms with E-state index in [1.54, 1.807) is 0 Å². The van der Waals surface area contributed by atoms with Gasteiger partial charge in [0.2, 0.25) is 0 Å². The molecule has 0 aliphatic heterocycles. The number of anilines is 1. The van der Waals surface area contributed by atoms with E-state index in [-0.39, 0.29) is 0 Å². The van der Waals surface area contributed by atoms with Gasteiger partial charge in [0.15, 0.2) is 6.29 Å². The van der Waals surface area contributed by atoms with E-state index in [4.69, 9.17) is 5.73 Å². The molecule has 0 saturated heterocycles. The summed E-state index contributed by atoms with van der Waals surface area (Å²) in [5.41, 5.74) is 9.96. The standard InChI is InChI=1S/C13H15N3OS/c1-7(2)16-5-9-11(15-16)4-3-8-10(6-17)13(14)18-12(8)9/h5-7H,3-4,14H2,1-2H3. The molecule has 1 aliphatic carbocycles. The predicted octanol–water partition coefficient (Wildman–Crippen LogP) is 2.69. The molecule has 0 amide bonds. The first-order valence-electron chi connectivity index (χ1n) is 6.06. The van der Waals surface area contributed by atoms with Crippen molar-refractivity contribution in [2.45, 2.75) is 32.7 Å². The van der Waals surface area contributed by atoms with Gasteiger partial charge in [0.25, 0.3) is 0 Å². The highest BCUT2D eigenvalue weighted by atomic mass is 32.1. The quantitative estimate of drug-likeness (QED) is 0.845. The number of aldehydes is 1. The lowest BCUT2D eigenvalue weighted by Crippen LogP contribution is -2.04. The van der Waals surface area contributed by atoms with Gasteiger partial charge in [-0.05, 0) is 32.3 Å². The summed E-state index contributed by atoms with van der Waals surface area (Å²) in [4.78, 5) is 12.2. The van der Waals surface area contributed by atoms with Crippen molar-refractivity contribution in [3.63, 3.8) is 0 Å². The van der Waals surface area contributed by atoms with E-state index in [9.17, 15) is 4.79 Å². The van der Waals surface area contributed by atoms with Gasteiger partial charge in [0.1, 0.15) is 0 Å². The number of aromatic nitrogens is 2. The first-order valence-corrected chi connectivity index (χ1v) is 6.88. The summed E-state index contributed by atoms with van der Waals surface area (Å²) in [5.74, 6) is 0. The summed E-state index contributed by atoms with van der Waals surface area (Å²) in [6.45, 7) is 4.22. The van der Waals surface area contributed by atoms with Gasteiger partial charge in [-0.1, -0.05) is 0 Å². The molecule has 4 nitrogen and oxygen atoms in total. The van der Waals surface area contributed by atoms with Crippen LogP contribution in [0.15, 0.2) is 6.20 Å². The van der Waals surface area contributed by atoms with Gasteiger partial charge in [-0.25, -0.2) is 0 Å². The number of carbonyl (C=O) groups is 1. The second-order valence-electron chi connectivity index (χ2n) is 4.87. The summed E-state index contributed by atoms with van der Waals surface area (Å²) in [7, 11) is 0. The van der Waals surface area contributed by atoms with Gasteiger partial charge in [0, 0.05) is 22.7 Å². The zero-order valence-corrected chi connectivity index (χ0v) is 11.3. The summed E-state index contributed by atoms with van der Waals surface area (Å²) < 4.78 is 1.98. The number of rotatable bonds is 2. The number of nitrogens with two attached hydrogens (primary N) is 1. The van der Waals surface area contributed by atoms with Crippen LogP contribution in [0.3, 0.4) is 0 Å². The first-order chi connectivity index (χ1) is 8.61. The molecule has 1 aliphatic rings. The van der Waals surface area contributed by atoms with Crippen LogP contribution in [0.25, 0.3) is 10.4 Å². The van der Waals surface area contributed by atoms with Gasteiger partial charge in [0.05, 0.1) is 16.3 Å². The largest absolute Gasteiger partial charge is 0.390 e. The van der Waals surface area contributed by atoms with E-state index in [2.05, 4.69) is 25.1 Å². The molecule has 94 valence electrons. The second-order valence-corrected chi connectivity index (χ2v) is 5.92. The normalized spacial score (nSPS) is 13.5. The summed E-state index contributed by atoms with van der Waals surface area (Å²) in [6.07, 6.45) is 4.70. The van der Waals surface area contributed by atoms with Crippen LogP contribution < -0.4 is 5.73 Å². The molecule has 0 unspecified atom stereocenters. The van der Waals surface area contributed by atoms with Crippen molar-refractivity contribution in [3.8, 4) is 10.4 Å². The molecule has 0 fully saturated rings. The number of aryl methyl sites for hydroxylation is 1. The Balaban J connectivity index is 2.19. The topological polar surface area (TPSA) is 60.9 Å². The maximum atomic E-state index is 11.1. The summed E-state index contributed by atoms with van der Waals surface area (Å²) in [5, 5.41) is 5.23. The number of nitrogens with zero attached hydrogens (tertiary/aromatic N) is 2. The van der Waals surface area contributed by atoms with E-state index in [1.165, 1.54) is 11.3 Å². The van der Waals surface area contributed by atoms with E-state index >= 15 is 0 Å². The van der Waals surface area contributed by atoms with Crippen LogP contribution in [-0.2, 0) is 12.8 Å². The third-order valence-electron chi connectivity index (χ3n) is 3.39. The molecule has 0 atom stereocenters. The molecule has 18 heavy (non-hydrogen) atoms. The lowest BCUT2D eigenvalue weighted by molar-refractivity contribution is 0.112. The molecular weight excluding hydrogens is 246 g/mol. The third kappa shape index (κ3) is 1.50. The number of fused-ring (bicyclic) bond motifs is 3. The van der Waals surface area contributed by atoms with Crippen molar-refractivity contribution >= 4 is 22.6 Å². The Morgan fingerprint density at radius 1 is 1.50 bits per heavy atom. The zero-order valence-electron chi connectivity index (χ0n) is 10.4. The molecule has 2 aromatic rings. The van der Waals surface area contributed by atoms with Crippen molar-refractivity contribution < 1.29 is 4.79 Å². The Bertz CT molecular complexity index is 624. The minimum atomic E-state index is 0.349. The van der Waals surface area contributed by atoms with Crippen LogP contribution in [0.2, 0.25) is 0 Å². The van der Waals surface area contributed by atoms with Crippen molar-refractivity contribution in [3.05, 3.63) is 23.0 Å².